The summed E-state index contributed by atoms with van der Waals surface area (Å²) >= 11 is 2.76. The first-order chi connectivity index (χ1) is 12.4. The Hall–Kier alpha value is -2.20. The van der Waals surface area contributed by atoms with Gasteiger partial charge in [-0.15, -0.1) is 11.3 Å². The number of amides is 2. The Morgan fingerprint density at radius 1 is 1.42 bits per heavy atom. The Morgan fingerprint density at radius 3 is 2.96 bits per heavy atom. The average Bonchev–Trinajstić information content (AvgIpc) is 3.30. The predicted octanol–water partition coefficient (Wildman–Crippen LogP) is 1.07. The third kappa shape index (κ3) is 2.92. The second-order valence-corrected chi connectivity index (χ2v) is 8.56. The van der Waals surface area contributed by atoms with E-state index in [1.165, 1.54) is 22.7 Å². The van der Waals surface area contributed by atoms with Crippen molar-refractivity contribution in [2.75, 3.05) is 32.1 Å². The average molecular weight is 394 g/mol. The number of esters is 1. The lowest BCUT2D eigenvalue weighted by Gasteiger charge is -2.34. The smallest absolute Gasteiger partial charge is 0.348 e. The molecule has 2 aliphatic heterocycles. The van der Waals surface area contributed by atoms with Crippen LogP contribution in [-0.4, -0.2) is 67.0 Å². The fraction of sp³-hybridized carbons (Fsp3) is 0.500. The maximum Gasteiger partial charge on any atom is 0.348 e. The van der Waals surface area contributed by atoms with Crippen LogP contribution in [0.2, 0.25) is 0 Å². The highest BCUT2D eigenvalue weighted by atomic mass is 32.1. The number of nitrogens with zero attached hydrogens (tertiary/aromatic N) is 3. The lowest BCUT2D eigenvalue weighted by atomic mass is 10.1. The molecule has 0 bridgehead atoms. The lowest BCUT2D eigenvalue weighted by Crippen LogP contribution is -2.62. The summed E-state index contributed by atoms with van der Waals surface area (Å²) in [5.41, 5.74) is 0. The molecule has 2 aromatic rings. The van der Waals surface area contributed by atoms with E-state index in [9.17, 15) is 14.4 Å². The second kappa shape index (κ2) is 6.51. The number of hydrogen-bond donors (Lipinski definition) is 1. The number of rotatable bonds is 4. The van der Waals surface area contributed by atoms with Gasteiger partial charge in [0, 0.05) is 20.6 Å². The fourth-order valence-corrected chi connectivity index (χ4v) is 5.22. The molecule has 2 aliphatic rings. The fourth-order valence-electron chi connectivity index (χ4n) is 3.19. The van der Waals surface area contributed by atoms with Crippen LogP contribution in [0.3, 0.4) is 0 Å². The highest BCUT2D eigenvalue weighted by molar-refractivity contribution is 7.29. The Bertz CT molecular complexity index is 859. The van der Waals surface area contributed by atoms with Crippen LogP contribution in [0.4, 0.5) is 5.13 Å². The normalized spacial score (nSPS) is 22.5. The third-order valence-corrected chi connectivity index (χ3v) is 6.80. The minimum atomic E-state index is -0.805. The number of carbonyl (C=O) groups is 3. The number of piperazine rings is 1. The van der Waals surface area contributed by atoms with Crippen LogP contribution in [0.25, 0.3) is 9.53 Å². The summed E-state index contributed by atoms with van der Waals surface area (Å²) < 4.78 is 6.21. The van der Waals surface area contributed by atoms with Crippen molar-refractivity contribution in [2.24, 2.45) is 0 Å². The quantitative estimate of drug-likeness (QED) is 0.780. The Labute approximate surface area is 157 Å². The van der Waals surface area contributed by atoms with Gasteiger partial charge in [0.1, 0.15) is 28.4 Å². The molecule has 0 saturated carbocycles. The van der Waals surface area contributed by atoms with E-state index in [0.29, 0.717) is 17.8 Å². The topological polar surface area (TPSA) is 91.8 Å². The van der Waals surface area contributed by atoms with E-state index in [1.807, 2.05) is 19.0 Å². The molecule has 2 aromatic heterocycles. The first-order valence-electron chi connectivity index (χ1n) is 8.29. The summed E-state index contributed by atoms with van der Waals surface area (Å²) in [5.74, 6) is -0.846. The van der Waals surface area contributed by atoms with Crippen molar-refractivity contribution < 1.29 is 19.1 Å². The minimum Gasteiger partial charge on any atom is -0.459 e. The summed E-state index contributed by atoms with van der Waals surface area (Å²) in [7, 11) is 3.83. The Kier molecular flexibility index (Phi) is 4.31. The summed E-state index contributed by atoms with van der Waals surface area (Å²) in [6, 6.07) is 0.584. The molecule has 4 heterocycles. The zero-order valence-electron chi connectivity index (χ0n) is 14.4. The molecule has 1 N–H and O–H groups in total. The van der Waals surface area contributed by atoms with E-state index < -0.39 is 12.0 Å². The van der Waals surface area contributed by atoms with Gasteiger partial charge in [-0.3, -0.25) is 9.59 Å². The molecule has 0 radical (unpaired) electrons. The summed E-state index contributed by atoms with van der Waals surface area (Å²) in [6.07, 6.45) is 1.52. The van der Waals surface area contributed by atoms with Crippen molar-refractivity contribution in [2.45, 2.75) is 24.9 Å². The minimum absolute atomic E-state index is 0.158. The maximum atomic E-state index is 12.4. The number of nitrogens with one attached hydrogen (secondary N) is 1. The van der Waals surface area contributed by atoms with Gasteiger partial charge in [0.05, 0.1) is 4.70 Å². The van der Waals surface area contributed by atoms with Crippen LogP contribution in [0, 0.1) is 0 Å². The van der Waals surface area contributed by atoms with Crippen molar-refractivity contribution in [1.82, 2.24) is 15.2 Å². The maximum absolute atomic E-state index is 12.4. The molecular formula is C16H18N4O4S2. The molecule has 2 amide bonds. The second-order valence-electron chi connectivity index (χ2n) is 6.52. The number of thiophene rings is 1. The zero-order valence-corrected chi connectivity index (χ0v) is 16.0. The molecular weight excluding hydrogens is 376 g/mol. The van der Waals surface area contributed by atoms with Gasteiger partial charge >= 0.3 is 5.97 Å². The predicted molar refractivity (Wildman–Crippen MR) is 98.8 cm³/mol. The van der Waals surface area contributed by atoms with Crippen LogP contribution < -0.4 is 10.2 Å². The monoisotopic (exact) mass is 394 g/mol. The summed E-state index contributed by atoms with van der Waals surface area (Å²) in [6.45, 7) is 0.428. The molecule has 0 aliphatic carbocycles. The van der Waals surface area contributed by atoms with Crippen LogP contribution >= 0.6 is 22.7 Å². The standard InChI is InChI=1S/C16H18N4O4S2/c1-19(2)16-18-13-10(26-16)6-11(25-13)15(23)24-7-8-14(22)20-5-3-4-9(20)12(21)17-8/h6,8-9H,3-5,7H2,1-2H3,(H,17,21)/t8-,9-/m0/s1. The van der Waals surface area contributed by atoms with Crippen LogP contribution in [0.15, 0.2) is 6.07 Å². The largest absolute Gasteiger partial charge is 0.459 e. The first kappa shape index (κ1) is 17.2. The van der Waals surface area contributed by atoms with Gasteiger partial charge in [0.25, 0.3) is 0 Å². The highest BCUT2D eigenvalue weighted by Gasteiger charge is 2.43. The molecule has 2 atom stereocenters. The van der Waals surface area contributed by atoms with Gasteiger partial charge in [-0.2, -0.15) is 0 Å². The van der Waals surface area contributed by atoms with Crippen LogP contribution in [0.5, 0.6) is 0 Å². The summed E-state index contributed by atoms with van der Waals surface area (Å²) in [4.78, 5) is 46.0. The van der Waals surface area contributed by atoms with Gasteiger partial charge in [-0.05, 0) is 18.9 Å². The van der Waals surface area contributed by atoms with Crippen molar-refractivity contribution in [1.29, 1.82) is 0 Å². The number of aromatic nitrogens is 1. The SMILES string of the molecule is CN(C)c1nc2sc(C(=O)OC[C@@H]3NC(=O)[C@@H]4CCCN4C3=O)cc2s1. The number of thiazole rings is 1. The van der Waals surface area contributed by atoms with E-state index in [2.05, 4.69) is 10.3 Å². The lowest BCUT2D eigenvalue weighted by molar-refractivity contribution is -0.148. The van der Waals surface area contributed by atoms with Gasteiger partial charge in [-0.25, -0.2) is 9.78 Å². The van der Waals surface area contributed by atoms with Crippen LogP contribution in [0.1, 0.15) is 22.5 Å². The number of ether oxygens (including phenoxy) is 1. The van der Waals surface area contributed by atoms with Crippen molar-refractivity contribution in [3.8, 4) is 0 Å². The zero-order chi connectivity index (χ0) is 18.4. The Morgan fingerprint density at radius 2 is 2.23 bits per heavy atom. The first-order valence-corrected chi connectivity index (χ1v) is 9.93. The van der Waals surface area contributed by atoms with Crippen molar-refractivity contribution >= 4 is 55.1 Å². The number of fused-ring (bicyclic) bond motifs is 2. The third-order valence-electron chi connectivity index (χ3n) is 4.50. The molecule has 2 fully saturated rings. The molecule has 26 heavy (non-hydrogen) atoms. The molecule has 4 rings (SSSR count). The molecule has 8 nitrogen and oxygen atoms in total. The van der Waals surface area contributed by atoms with Gasteiger partial charge in [0.15, 0.2) is 5.13 Å². The van der Waals surface area contributed by atoms with Crippen molar-refractivity contribution in [3.05, 3.63) is 10.9 Å². The molecule has 0 aromatic carbocycles. The van der Waals surface area contributed by atoms with E-state index >= 15 is 0 Å². The Balaban J connectivity index is 1.41. The number of carbonyl (C=O) groups excluding carboxylic acids is 3. The van der Waals surface area contributed by atoms with Gasteiger partial charge in [-0.1, -0.05) is 11.3 Å². The molecule has 0 spiro atoms. The van der Waals surface area contributed by atoms with E-state index in [-0.39, 0.29) is 24.5 Å². The molecule has 138 valence electrons. The highest BCUT2D eigenvalue weighted by Crippen LogP contribution is 2.34. The molecule has 0 unspecified atom stereocenters. The van der Waals surface area contributed by atoms with Crippen molar-refractivity contribution in [3.63, 3.8) is 0 Å². The number of anilines is 1. The molecule has 2 saturated heterocycles. The van der Waals surface area contributed by atoms with Crippen LogP contribution in [-0.2, 0) is 14.3 Å². The summed E-state index contributed by atoms with van der Waals surface area (Å²) in [5, 5.41) is 3.54. The van der Waals surface area contributed by atoms with E-state index in [0.717, 1.165) is 21.1 Å². The van der Waals surface area contributed by atoms with E-state index in [1.54, 1.807) is 11.0 Å². The van der Waals surface area contributed by atoms with Gasteiger partial charge in [0.2, 0.25) is 11.8 Å². The van der Waals surface area contributed by atoms with Gasteiger partial charge < -0.3 is 19.9 Å². The number of hydrogen-bond acceptors (Lipinski definition) is 8. The molecule has 10 heteroatoms. The van der Waals surface area contributed by atoms with E-state index in [4.69, 9.17) is 4.74 Å².